The number of ether oxygens (including phenoxy) is 1. The highest BCUT2D eigenvalue weighted by atomic mass is 16.5. The van der Waals surface area contributed by atoms with E-state index in [2.05, 4.69) is 22.5 Å². The van der Waals surface area contributed by atoms with Gasteiger partial charge in [0.25, 0.3) is 0 Å². The number of nitrogens with zero attached hydrogens (tertiary/aromatic N) is 1. The Labute approximate surface area is 109 Å². The van der Waals surface area contributed by atoms with Crippen molar-refractivity contribution in [2.24, 2.45) is 5.92 Å². The Hall–Kier alpha value is -0.650. The third-order valence-corrected chi connectivity index (χ3v) is 3.84. The van der Waals surface area contributed by atoms with Crippen LogP contribution in [0.25, 0.3) is 0 Å². The van der Waals surface area contributed by atoms with E-state index in [1.54, 1.807) is 0 Å². The second-order valence-corrected chi connectivity index (χ2v) is 5.17. The zero-order chi connectivity index (χ0) is 12.8. The van der Waals surface area contributed by atoms with E-state index in [9.17, 15) is 4.79 Å². The van der Waals surface area contributed by atoms with Gasteiger partial charge in [-0.1, -0.05) is 6.92 Å². The van der Waals surface area contributed by atoms with Gasteiger partial charge in [0.05, 0.1) is 18.6 Å². The Morgan fingerprint density at radius 2 is 2.44 bits per heavy atom. The first-order chi connectivity index (χ1) is 8.79. The van der Waals surface area contributed by atoms with E-state index >= 15 is 0 Å². The van der Waals surface area contributed by atoms with Gasteiger partial charge < -0.3 is 15.4 Å². The molecule has 2 rings (SSSR count). The van der Waals surface area contributed by atoms with Crippen molar-refractivity contribution in [2.45, 2.75) is 25.9 Å². The maximum absolute atomic E-state index is 12.0. The predicted molar refractivity (Wildman–Crippen MR) is 70.5 cm³/mol. The van der Waals surface area contributed by atoms with Crippen molar-refractivity contribution in [1.82, 2.24) is 15.5 Å². The molecule has 2 heterocycles. The zero-order valence-corrected chi connectivity index (χ0v) is 11.3. The first kappa shape index (κ1) is 13.8. The molecule has 2 atom stereocenters. The fraction of sp³-hybridized carbons (Fsp3) is 0.923. The van der Waals surface area contributed by atoms with E-state index in [1.165, 1.54) is 0 Å². The summed E-state index contributed by atoms with van der Waals surface area (Å²) in [5.74, 6) is 0.323. The van der Waals surface area contributed by atoms with Gasteiger partial charge in [0.1, 0.15) is 0 Å². The van der Waals surface area contributed by atoms with Gasteiger partial charge in [-0.2, -0.15) is 0 Å². The van der Waals surface area contributed by atoms with Crippen molar-refractivity contribution >= 4 is 5.91 Å². The van der Waals surface area contributed by atoms with Crippen molar-refractivity contribution in [3.8, 4) is 0 Å². The molecule has 1 amide bonds. The van der Waals surface area contributed by atoms with E-state index in [1.807, 2.05) is 0 Å². The third kappa shape index (κ3) is 3.93. The molecular weight excluding hydrogens is 230 g/mol. The standard InChI is InChI=1S/C13H25N3O2/c1-2-16-6-7-18-12(10-16)9-15-13(17)11-4-3-5-14-8-11/h11-12,14H,2-10H2,1H3,(H,15,17)/t11-,12?/m0/s1. The van der Waals surface area contributed by atoms with Gasteiger partial charge in [0.15, 0.2) is 0 Å². The highest BCUT2D eigenvalue weighted by Crippen LogP contribution is 2.10. The average molecular weight is 255 g/mol. The topological polar surface area (TPSA) is 53.6 Å². The molecule has 0 bridgehead atoms. The van der Waals surface area contributed by atoms with Crippen molar-refractivity contribution < 1.29 is 9.53 Å². The van der Waals surface area contributed by atoms with Gasteiger partial charge in [0, 0.05) is 26.2 Å². The summed E-state index contributed by atoms with van der Waals surface area (Å²) in [6, 6.07) is 0. The molecule has 0 aromatic carbocycles. The number of hydrogen-bond acceptors (Lipinski definition) is 4. The SMILES string of the molecule is CCN1CCOC(CNC(=O)[C@H]2CCCNC2)C1. The molecule has 2 saturated heterocycles. The summed E-state index contributed by atoms with van der Waals surface area (Å²) in [7, 11) is 0. The summed E-state index contributed by atoms with van der Waals surface area (Å²) in [4.78, 5) is 14.3. The number of rotatable bonds is 4. The molecule has 18 heavy (non-hydrogen) atoms. The number of morpholine rings is 1. The Bertz CT molecular complexity index is 267. The molecule has 0 aliphatic carbocycles. The molecule has 5 nitrogen and oxygen atoms in total. The molecule has 2 aliphatic heterocycles. The Kier molecular flexibility index (Phi) is 5.41. The van der Waals surface area contributed by atoms with Crippen LogP contribution in [-0.2, 0) is 9.53 Å². The summed E-state index contributed by atoms with van der Waals surface area (Å²) in [5.41, 5.74) is 0. The fourth-order valence-corrected chi connectivity index (χ4v) is 2.63. The molecule has 2 aliphatic rings. The highest BCUT2D eigenvalue weighted by molar-refractivity contribution is 5.78. The van der Waals surface area contributed by atoms with Crippen LogP contribution in [0.2, 0.25) is 0 Å². The number of carbonyl (C=O) groups excluding carboxylic acids is 1. The average Bonchev–Trinajstić information content (AvgIpc) is 2.46. The number of nitrogens with one attached hydrogen (secondary N) is 2. The van der Waals surface area contributed by atoms with Crippen molar-refractivity contribution in [2.75, 3.05) is 45.9 Å². The van der Waals surface area contributed by atoms with Crippen LogP contribution in [0, 0.1) is 5.92 Å². The van der Waals surface area contributed by atoms with Gasteiger partial charge in [-0.05, 0) is 25.9 Å². The Balaban J connectivity index is 1.68. The summed E-state index contributed by atoms with van der Waals surface area (Å²) in [6.45, 7) is 8.44. The lowest BCUT2D eigenvalue weighted by Crippen LogP contribution is -2.49. The molecule has 0 radical (unpaired) electrons. The minimum absolute atomic E-state index is 0.143. The molecule has 104 valence electrons. The van der Waals surface area contributed by atoms with Gasteiger partial charge in [-0.3, -0.25) is 9.69 Å². The van der Waals surface area contributed by atoms with Crippen LogP contribution in [-0.4, -0.2) is 62.8 Å². The van der Waals surface area contributed by atoms with Crippen molar-refractivity contribution in [3.63, 3.8) is 0 Å². The van der Waals surface area contributed by atoms with Crippen LogP contribution < -0.4 is 10.6 Å². The third-order valence-electron chi connectivity index (χ3n) is 3.84. The van der Waals surface area contributed by atoms with Gasteiger partial charge >= 0.3 is 0 Å². The molecule has 0 saturated carbocycles. The zero-order valence-electron chi connectivity index (χ0n) is 11.3. The quantitative estimate of drug-likeness (QED) is 0.732. The number of carbonyl (C=O) groups is 1. The minimum atomic E-state index is 0.143. The van der Waals surface area contributed by atoms with Crippen LogP contribution in [0.4, 0.5) is 0 Å². The monoisotopic (exact) mass is 255 g/mol. The lowest BCUT2D eigenvalue weighted by Gasteiger charge is -2.32. The van der Waals surface area contributed by atoms with Crippen LogP contribution in [0.3, 0.4) is 0 Å². The molecule has 0 aromatic rings. The van der Waals surface area contributed by atoms with Crippen molar-refractivity contribution in [1.29, 1.82) is 0 Å². The predicted octanol–water partition coefficient (Wildman–Crippen LogP) is -0.177. The first-order valence-electron chi connectivity index (χ1n) is 7.12. The normalized spacial score (nSPS) is 30.1. The molecule has 1 unspecified atom stereocenters. The van der Waals surface area contributed by atoms with E-state index < -0.39 is 0 Å². The molecule has 2 N–H and O–H groups in total. The summed E-state index contributed by atoms with van der Waals surface area (Å²) in [6.07, 6.45) is 2.26. The molecule has 2 fully saturated rings. The van der Waals surface area contributed by atoms with Crippen LogP contribution in [0.1, 0.15) is 19.8 Å². The number of piperidine rings is 1. The largest absolute Gasteiger partial charge is 0.374 e. The van der Waals surface area contributed by atoms with E-state index in [-0.39, 0.29) is 17.9 Å². The van der Waals surface area contributed by atoms with E-state index in [0.717, 1.165) is 52.2 Å². The smallest absolute Gasteiger partial charge is 0.224 e. The van der Waals surface area contributed by atoms with Gasteiger partial charge in [0.2, 0.25) is 5.91 Å². The van der Waals surface area contributed by atoms with E-state index in [0.29, 0.717) is 6.54 Å². The highest BCUT2D eigenvalue weighted by Gasteiger charge is 2.23. The van der Waals surface area contributed by atoms with Crippen molar-refractivity contribution in [3.05, 3.63) is 0 Å². The number of hydrogen-bond donors (Lipinski definition) is 2. The second-order valence-electron chi connectivity index (χ2n) is 5.17. The molecule has 0 spiro atoms. The number of likely N-dealkylation sites (N-methyl/N-ethyl adjacent to an activating group) is 1. The maximum atomic E-state index is 12.0. The van der Waals surface area contributed by atoms with E-state index in [4.69, 9.17) is 4.74 Å². The van der Waals surface area contributed by atoms with Crippen LogP contribution in [0.5, 0.6) is 0 Å². The summed E-state index contributed by atoms with van der Waals surface area (Å²) >= 11 is 0. The summed E-state index contributed by atoms with van der Waals surface area (Å²) < 4.78 is 5.68. The van der Waals surface area contributed by atoms with Crippen LogP contribution in [0.15, 0.2) is 0 Å². The lowest BCUT2D eigenvalue weighted by molar-refractivity contribution is -0.126. The maximum Gasteiger partial charge on any atom is 0.224 e. The molecule has 0 aromatic heterocycles. The van der Waals surface area contributed by atoms with Gasteiger partial charge in [-0.15, -0.1) is 0 Å². The molecular formula is C13H25N3O2. The van der Waals surface area contributed by atoms with Crippen LogP contribution >= 0.6 is 0 Å². The number of amides is 1. The Morgan fingerprint density at radius 3 is 3.17 bits per heavy atom. The van der Waals surface area contributed by atoms with Gasteiger partial charge in [-0.25, -0.2) is 0 Å². The second kappa shape index (κ2) is 7.07. The first-order valence-corrected chi connectivity index (χ1v) is 7.12. The lowest BCUT2D eigenvalue weighted by atomic mass is 9.99. The Morgan fingerprint density at radius 1 is 1.56 bits per heavy atom. The fourth-order valence-electron chi connectivity index (χ4n) is 2.63. The molecule has 5 heteroatoms. The minimum Gasteiger partial charge on any atom is -0.374 e. The summed E-state index contributed by atoms with van der Waals surface area (Å²) in [5, 5.41) is 6.31.